The molecule has 0 aromatic carbocycles. The molecule has 0 aromatic rings. The predicted octanol–water partition coefficient (Wildman–Crippen LogP) is 3.94. The van der Waals surface area contributed by atoms with Crippen LogP contribution in [0.25, 0.3) is 0 Å². The summed E-state index contributed by atoms with van der Waals surface area (Å²) in [6.07, 6.45) is 7.13. The molecule has 25 heavy (non-hydrogen) atoms. The first-order valence-corrected chi connectivity index (χ1v) is 10.1. The SMILES string of the molecule is CC(=O)[C@H]1CC[C@H]2[C@@H]3C[C@H](C)C4=CC(=O)C(O)C[C@]4(C)[C@H]3CC[C@]12C. The fourth-order valence-corrected chi connectivity index (χ4v) is 7.72. The topological polar surface area (TPSA) is 54.4 Å². The molecule has 3 nitrogen and oxygen atoms in total. The highest BCUT2D eigenvalue weighted by Gasteiger charge is 2.61. The standard InChI is InChI=1S/C22H32O3/c1-12-9-14-16-6-5-15(13(2)23)21(16,3)8-7-17(14)22(4)11-20(25)19(24)10-18(12)22/h10,12,14-17,20,25H,5-9,11H2,1-4H3/t12-,14-,15+,16-,17-,20?,21+,22+/m0/s1. The Hall–Kier alpha value is -0.960. The van der Waals surface area contributed by atoms with Crippen LogP contribution in [-0.4, -0.2) is 22.8 Å². The summed E-state index contributed by atoms with van der Waals surface area (Å²) in [4.78, 5) is 24.3. The van der Waals surface area contributed by atoms with Gasteiger partial charge in [0.1, 0.15) is 11.9 Å². The quantitative estimate of drug-likeness (QED) is 0.784. The zero-order valence-electron chi connectivity index (χ0n) is 16.0. The highest BCUT2D eigenvalue weighted by atomic mass is 16.3. The Morgan fingerprint density at radius 2 is 1.92 bits per heavy atom. The monoisotopic (exact) mass is 344 g/mol. The summed E-state index contributed by atoms with van der Waals surface area (Å²) in [7, 11) is 0. The molecular formula is C22H32O3. The van der Waals surface area contributed by atoms with E-state index >= 15 is 0 Å². The number of aliphatic hydroxyl groups is 1. The Kier molecular flexibility index (Phi) is 3.85. The van der Waals surface area contributed by atoms with E-state index in [1.165, 1.54) is 12.0 Å². The van der Waals surface area contributed by atoms with E-state index in [2.05, 4.69) is 20.8 Å². The molecule has 138 valence electrons. The minimum absolute atomic E-state index is 0.0503. The Balaban J connectivity index is 1.72. The summed E-state index contributed by atoms with van der Waals surface area (Å²) in [5, 5.41) is 10.3. The van der Waals surface area contributed by atoms with Crippen LogP contribution in [0, 0.1) is 40.4 Å². The molecule has 0 aliphatic heterocycles. The van der Waals surface area contributed by atoms with Crippen molar-refractivity contribution in [3.8, 4) is 0 Å². The van der Waals surface area contributed by atoms with Gasteiger partial charge in [0.25, 0.3) is 0 Å². The summed E-state index contributed by atoms with van der Waals surface area (Å²) in [6.45, 7) is 8.69. The van der Waals surface area contributed by atoms with Gasteiger partial charge < -0.3 is 5.11 Å². The second-order valence-electron chi connectivity index (χ2n) is 9.94. The van der Waals surface area contributed by atoms with Gasteiger partial charge in [-0.25, -0.2) is 0 Å². The largest absolute Gasteiger partial charge is 0.385 e. The highest BCUT2D eigenvalue weighted by Crippen LogP contribution is 2.67. The van der Waals surface area contributed by atoms with E-state index in [9.17, 15) is 14.7 Å². The summed E-state index contributed by atoms with van der Waals surface area (Å²) >= 11 is 0. The fraction of sp³-hybridized carbons (Fsp3) is 0.818. The molecular weight excluding hydrogens is 312 g/mol. The highest BCUT2D eigenvalue weighted by molar-refractivity contribution is 5.95. The first-order chi connectivity index (χ1) is 11.7. The number of aliphatic hydroxyl groups excluding tert-OH is 1. The molecule has 4 rings (SSSR count). The normalized spacial score (nSPS) is 52.0. The molecule has 0 heterocycles. The van der Waals surface area contributed by atoms with E-state index in [1.807, 2.05) is 0 Å². The molecule has 0 aromatic heterocycles. The van der Waals surface area contributed by atoms with Gasteiger partial charge in [-0.3, -0.25) is 9.59 Å². The Morgan fingerprint density at radius 1 is 1.20 bits per heavy atom. The number of carbonyl (C=O) groups is 2. The molecule has 3 fully saturated rings. The van der Waals surface area contributed by atoms with Gasteiger partial charge in [0.05, 0.1) is 0 Å². The van der Waals surface area contributed by atoms with Crippen LogP contribution < -0.4 is 0 Å². The summed E-state index contributed by atoms with van der Waals surface area (Å²) < 4.78 is 0. The lowest BCUT2D eigenvalue weighted by atomic mass is 9.45. The molecule has 0 bridgehead atoms. The molecule has 1 unspecified atom stereocenters. The smallest absolute Gasteiger partial charge is 0.184 e. The lowest BCUT2D eigenvalue weighted by molar-refractivity contribution is -0.133. The zero-order valence-corrected chi connectivity index (χ0v) is 16.0. The number of rotatable bonds is 1. The van der Waals surface area contributed by atoms with Crippen LogP contribution in [0.2, 0.25) is 0 Å². The summed E-state index contributed by atoms with van der Waals surface area (Å²) in [5.41, 5.74) is 1.40. The van der Waals surface area contributed by atoms with Crippen molar-refractivity contribution < 1.29 is 14.7 Å². The summed E-state index contributed by atoms with van der Waals surface area (Å²) in [5.74, 6) is 2.70. The second-order valence-corrected chi connectivity index (χ2v) is 9.94. The van der Waals surface area contributed by atoms with E-state index in [0.29, 0.717) is 35.9 Å². The second kappa shape index (κ2) is 5.52. The van der Waals surface area contributed by atoms with Gasteiger partial charge in [-0.15, -0.1) is 0 Å². The van der Waals surface area contributed by atoms with E-state index < -0.39 is 6.10 Å². The zero-order chi connectivity index (χ0) is 18.1. The number of hydrogen-bond donors (Lipinski definition) is 1. The van der Waals surface area contributed by atoms with Crippen LogP contribution in [0.1, 0.15) is 66.2 Å². The van der Waals surface area contributed by atoms with Crippen LogP contribution in [0.5, 0.6) is 0 Å². The fourth-order valence-electron chi connectivity index (χ4n) is 7.72. The van der Waals surface area contributed by atoms with Crippen molar-refractivity contribution in [1.29, 1.82) is 0 Å². The molecule has 3 heteroatoms. The van der Waals surface area contributed by atoms with Crippen LogP contribution in [0.15, 0.2) is 11.6 Å². The maximum absolute atomic E-state index is 12.2. The average Bonchev–Trinajstić information content (AvgIpc) is 2.88. The maximum Gasteiger partial charge on any atom is 0.184 e. The number of allylic oxidation sites excluding steroid dienone is 1. The number of Topliss-reactive ketones (excluding diaryl/α,β-unsaturated/α-hetero) is 1. The van der Waals surface area contributed by atoms with Gasteiger partial charge in [0.2, 0.25) is 0 Å². The predicted molar refractivity (Wildman–Crippen MR) is 96.8 cm³/mol. The Labute approximate surface area is 151 Å². The molecule has 4 aliphatic rings. The lowest BCUT2D eigenvalue weighted by Gasteiger charge is -2.59. The number of fused-ring (bicyclic) bond motifs is 5. The molecule has 1 N–H and O–H groups in total. The molecule has 4 aliphatic carbocycles. The number of ketones is 2. The third-order valence-electron chi connectivity index (χ3n) is 8.81. The van der Waals surface area contributed by atoms with Gasteiger partial charge in [-0.1, -0.05) is 26.3 Å². The Morgan fingerprint density at radius 3 is 2.60 bits per heavy atom. The van der Waals surface area contributed by atoms with Gasteiger partial charge in [0, 0.05) is 5.92 Å². The Bertz CT molecular complexity index is 650. The van der Waals surface area contributed by atoms with E-state index in [0.717, 1.165) is 25.7 Å². The van der Waals surface area contributed by atoms with Crippen molar-refractivity contribution in [2.75, 3.05) is 0 Å². The number of hydrogen-bond acceptors (Lipinski definition) is 3. The van der Waals surface area contributed by atoms with Crippen molar-refractivity contribution in [2.45, 2.75) is 72.3 Å². The molecule has 0 saturated heterocycles. The van der Waals surface area contributed by atoms with Crippen LogP contribution in [0.4, 0.5) is 0 Å². The van der Waals surface area contributed by atoms with Crippen LogP contribution >= 0.6 is 0 Å². The first kappa shape index (κ1) is 17.5. The van der Waals surface area contributed by atoms with E-state index in [4.69, 9.17) is 0 Å². The van der Waals surface area contributed by atoms with Crippen molar-refractivity contribution in [1.82, 2.24) is 0 Å². The first-order valence-electron chi connectivity index (χ1n) is 10.1. The van der Waals surface area contributed by atoms with Crippen molar-refractivity contribution in [2.24, 2.45) is 40.4 Å². The van der Waals surface area contributed by atoms with Gasteiger partial charge in [0.15, 0.2) is 5.78 Å². The molecule has 0 radical (unpaired) electrons. The van der Waals surface area contributed by atoms with Crippen LogP contribution in [-0.2, 0) is 9.59 Å². The van der Waals surface area contributed by atoms with Crippen LogP contribution in [0.3, 0.4) is 0 Å². The molecule has 0 amide bonds. The van der Waals surface area contributed by atoms with Crippen molar-refractivity contribution in [3.05, 3.63) is 11.6 Å². The molecule has 3 saturated carbocycles. The average molecular weight is 344 g/mol. The van der Waals surface area contributed by atoms with Gasteiger partial charge >= 0.3 is 0 Å². The third kappa shape index (κ3) is 2.27. The third-order valence-corrected chi connectivity index (χ3v) is 8.81. The minimum atomic E-state index is -0.832. The van der Waals surface area contributed by atoms with Gasteiger partial charge in [-0.2, -0.15) is 0 Å². The van der Waals surface area contributed by atoms with Crippen molar-refractivity contribution in [3.63, 3.8) is 0 Å². The maximum atomic E-state index is 12.2. The van der Waals surface area contributed by atoms with Gasteiger partial charge in [-0.05, 0) is 86.0 Å². The molecule has 8 atom stereocenters. The van der Waals surface area contributed by atoms with E-state index in [1.54, 1.807) is 13.0 Å². The number of carbonyl (C=O) groups excluding carboxylic acids is 2. The molecule has 0 spiro atoms. The van der Waals surface area contributed by atoms with E-state index in [-0.39, 0.29) is 22.5 Å². The minimum Gasteiger partial charge on any atom is -0.385 e. The summed E-state index contributed by atoms with van der Waals surface area (Å²) in [6, 6.07) is 0. The lowest BCUT2D eigenvalue weighted by Crippen LogP contribution is -2.54. The van der Waals surface area contributed by atoms with Crippen molar-refractivity contribution >= 4 is 11.6 Å².